The number of carbonyl (C=O) groups is 2. The molecule has 0 spiro atoms. The Labute approximate surface area is 118 Å². The molecule has 0 heterocycles. The number of carboxylic acid groups (broad SMARTS) is 1. The second-order valence-electron chi connectivity index (χ2n) is 5.13. The minimum absolute atomic E-state index is 0.118. The largest absolute Gasteiger partial charge is 0.481 e. The molecular formula is C15H20FNO3. The highest BCUT2D eigenvalue weighted by atomic mass is 19.1. The maximum Gasteiger partial charge on any atom is 0.305 e. The molecule has 0 bridgehead atoms. The first kappa shape index (κ1) is 16.1. The molecule has 0 aliphatic rings. The smallest absolute Gasteiger partial charge is 0.305 e. The van der Waals surface area contributed by atoms with Gasteiger partial charge in [-0.25, -0.2) is 4.39 Å². The number of halogens is 1. The minimum Gasteiger partial charge on any atom is -0.481 e. The van der Waals surface area contributed by atoms with Crippen LogP contribution in [0.25, 0.3) is 0 Å². The molecule has 4 nitrogen and oxygen atoms in total. The van der Waals surface area contributed by atoms with E-state index in [4.69, 9.17) is 5.11 Å². The van der Waals surface area contributed by atoms with Crippen molar-refractivity contribution >= 4 is 11.9 Å². The van der Waals surface area contributed by atoms with Crippen molar-refractivity contribution in [3.8, 4) is 0 Å². The van der Waals surface area contributed by atoms with E-state index in [9.17, 15) is 14.0 Å². The molecule has 0 unspecified atom stereocenters. The van der Waals surface area contributed by atoms with E-state index in [-0.39, 0.29) is 18.9 Å². The molecule has 0 fully saturated rings. The lowest BCUT2D eigenvalue weighted by Gasteiger charge is -2.31. The molecule has 0 aliphatic carbocycles. The molecule has 1 aromatic carbocycles. The van der Waals surface area contributed by atoms with Crippen LogP contribution in [0.3, 0.4) is 0 Å². The van der Waals surface area contributed by atoms with Crippen LogP contribution in [-0.2, 0) is 15.0 Å². The molecule has 1 aromatic rings. The van der Waals surface area contributed by atoms with E-state index in [2.05, 4.69) is 0 Å². The maximum atomic E-state index is 13.9. The molecule has 1 amide bonds. The molecule has 20 heavy (non-hydrogen) atoms. The first-order valence-corrected chi connectivity index (χ1v) is 6.56. The fourth-order valence-electron chi connectivity index (χ4n) is 2.11. The number of carbonyl (C=O) groups excluding carboxylic acids is 1. The average Bonchev–Trinajstić information content (AvgIpc) is 2.39. The van der Waals surface area contributed by atoms with Crippen molar-refractivity contribution in [2.75, 3.05) is 13.1 Å². The Morgan fingerprint density at radius 2 is 1.90 bits per heavy atom. The van der Waals surface area contributed by atoms with Crippen LogP contribution >= 0.6 is 0 Å². The summed E-state index contributed by atoms with van der Waals surface area (Å²) < 4.78 is 13.9. The van der Waals surface area contributed by atoms with Gasteiger partial charge in [0.1, 0.15) is 5.82 Å². The third-order valence-electron chi connectivity index (χ3n) is 3.35. The molecule has 0 saturated carbocycles. The number of hydrogen-bond acceptors (Lipinski definition) is 2. The third-order valence-corrected chi connectivity index (χ3v) is 3.35. The third kappa shape index (κ3) is 3.56. The average molecular weight is 281 g/mol. The van der Waals surface area contributed by atoms with Gasteiger partial charge < -0.3 is 10.0 Å². The second kappa shape index (κ2) is 6.50. The quantitative estimate of drug-likeness (QED) is 0.871. The SMILES string of the molecule is CCN(CCC(=O)O)C(=O)C(C)(C)c1ccccc1F. The number of likely N-dealkylation sites (N-methyl/N-ethyl adjacent to an activating group) is 1. The van der Waals surface area contributed by atoms with E-state index in [1.54, 1.807) is 39.0 Å². The van der Waals surface area contributed by atoms with Crippen LogP contribution in [-0.4, -0.2) is 35.0 Å². The summed E-state index contributed by atoms with van der Waals surface area (Å²) in [7, 11) is 0. The van der Waals surface area contributed by atoms with Crippen molar-refractivity contribution in [2.45, 2.75) is 32.6 Å². The highest BCUT2D eigenvalue weighted by molar-refractivity contribution is 5.87. The standard InChI is InChI=1S/C15H20FNO3/c1-4-17(10-9-13(18)19)14(20)15(2,3)11-7-5-6-8-12(11)16/h5-8H,4,9-10H2,1-3H3,(H,18,19). The number of nitrogens with zero attached hydrogens (tertiary/aromatic N) is 1. The van der Waals surface area contributed by atoms with Gasteiger partial charge in [-0.1, -0.05) is 18.2 Å². The molecular weight excluding hydrogens is 261 g/mol. The van der Waals surface area contributed by atoms with Crippen LogP contribution in [0.2, 0.25) is 0 Å². The van der Waals surface area contributed by atoms with Gasteiger partial charge in [-0.15, -0.1) is 0 Å². The van der Waals surface area contributed by atoms with Gasteiger partial charge in [-0.2, -0.15) is 0 Å². The predicted molar refractivity (Wildman–Crippen MR) is 73.9 cm³/mol. The molecule has 0 saturated heterocycles. The Bertz CT molecular complexity index is 500. The molecule has 1 N–H and O–H groups in total. The van der Waals surface area contributed by atoms with Crippen LogP contribution in [0.5, 0.6) is 0 Å². The zero-order valence-electron chi connectivity index (χ0n) is 12.0. The Hall–Kier alpha value is -1.91. The molecule has 0 atom stereocenters. The first-order chi connectivity index (χ1) is 9.30. The Kier molecular flexibility index (Phi) is 5.25. The predicted octanol–water partition coefficient (Wildman–Crippen LogP) is 2.43. The van der Waals surface area contributed by atoms with Gasteiger partial charge in [0.15, 0.2) is 0 Å². The van der Waals surface area contributed by atoms with Crippen molar-refractivity contribution in [2.24, 2.45) is 0 Å². The zero-order chi connectivity index (χ0) is 15.3. The van der Waals surface area contributed by atoms with E-state index in [1.807, 2.05) is 0 Å². The van der Waals surface area contributed by atoms with Gasteiger partial charge in [-0.3, -0.25) is 9.59 Å². The molecule has 0 aliphatic heterocycles. The highest BCUT2D eigenvalue weighted by Gasteiger charge is 2.35. The summed E-state index contributed by atoms with van der Waals surface area (Å²) in [5.74, 6) is -1.66. The number of aliphatic carboxylic acids is 1. The van der Waals surface area contributed by atoms with Crippen LogP contribution < -0.4 is 0 Å². The molecule has 110 valence electrons. The van der Waals surface area contributed by atoms with Crippen molar-refractivity contribution in [1.29, 1.82) is 0 Å². The summed E-state index contributed by atoms with van der Waals surface area (Å²) in [5, 5.41) is 8.71. The van der Waals surface area contributed by atoms with Crippen LogP contribution in [0.15, 0.2) is 24.3 Å². The fourth-order valence-corrected chi connectivity index (χ4v) is 2.11. The van der Waals surface area contributed by atoms with E-state index in [0.29, 0.717) is 12.1 Å². The van der Waals surface area contributed by atoms with Gasteiger partial charge in [0.25, 0.3) is 0 Å². The van der Waals surface area contributed by atoms with E-state index >= 15 is 0 Å². The van der Waals surface area contributed by atoms with E-state index < -0.39 is 17.2 Å². The van der Waals surface area contributed by atoms with E-state index in [0.717, 1.165) is 0 Å². The first-order valence-electron chi connectivity index (χ1n) is 6.56. The topological polar surface area (TPSA) is 57.6 Å². The molecule has 0 radical (unpaired) electrons. The number of carboxylic acids is 1. The summed E-state index contributed by atoms with van der Waals surface area (Å²) in [6.45, 7) is 5.60. The lowest BCUT2D eigenvalue weighted by molar-refractivity contribution is -0.140. The molecule has 5 heteroatoms. The number of amides is 1. The lowest BCUT2D eigenvalue weighted by atomic mass is 9.82. The van der Waals surface area contributed by atoms with Gasteiger partial charge in [0.05, 0.1) is 11.8 Å². The summed E-state index contributed by atoms with van der Waals surface area (Å²) in [6, 6.07) is 6.15. The molecule has 0 aromatic heterocycles. The Morgan fingerprint density at radius 1 is 1.30 bits per heavy atom. The lowest BCUT2D eigenvalue weighted by Crippen LogP contribution is -2.44. The number of hydrogen-bond donors (Lipinski definition) is 1. The van der Waals surface area contributed by atoms with Gasteiger partial charge in [-0.05, 0) is 26.8 Å². The number of rotatable bonds is 6. The van der Waals surface area contributed by atoms with Crippen LogP contribution in [0.4, 0.5) is 4.39 Å². The fraction of sp³-hybridized carbons (Fsp3) is 0.467. The van der Waals surface area contributed by atoms with Crippen molar-refractivity contribution < 1.29 is 19.1 Å². The summed E-state index contributed by atoms with van der Waals surface area (Å²) in [5.41, 5.74) is -0.710. The summed E-state index contributed by atoms with van der Waals surface area (Å²) >= 11 is 0. The van der Waals surface area contributed by atoms with E-state index in [1.165, 1.54) is 11.0 Å². The van der Waals surface area contributed by atoms with Crippen LogP contribution in [0.1, 0.15) is 32.8 Å². The van der Waals surface area contributed by atoms with Crippen molar-refractivity contribution in [3.05, 3.63) is 35.6 Å². The Morgan fingerprint density at radius 3 is 2.40 bits per heavy atom. The Balaban J connectivity index is 2.98. The highest BCUT2D eigenvalue weighted by Crippen LogP contribution is 2.28. The van der Waals surface area contributed by atoms with Gasteiger partial charge in [0.2, 0.25) is 5.91 Å². The minimum atomic E-state index is -1.03. The van der Waals surface area contributed by atoms with Gasteiger partial charge >= 0.3 is 5.97 Å². The monoisotopic (exact) mass is 281 g/mol. The summed E-state index contributed by atoms with van der Waals surface area (Å²) in [4.78, 5) is 24.6. The number of benzene rings is 1. The summed E-state index contributed by atoms with van der Waals surface area (Å²) in [6.07, 6.45) is -0.118. The molecule has 1 rings (SSSR count). The zero-order valence-corrected chi connectivity index (χ0v) is 12.0. The van der Waals surface area contributed by atoms with Crippen molar-refractivity contribution in [3.63, 3.8) is 0 Å². The maximum absolute atomic E-state index is 13.9. The van der Waals surface area contributed by atoms with Gasteiger partial charge in [0, 0.05) is 18.7 Å². The van der Waals surface area contributed by atoms with Crippen LogP contribution in [0, 0.1) is 5.82 Å². The normalized spacial score (nSPS) is 11.2. The second-order valence-corrected chi connectivity index (χ2v) is 5.13. The van der Waals surface area contributed by atoms with Crippen molar-refractivity contribution in [1.82, 2.24) is 4.90 Å².